The lowest BCUT2D eigenvalue weighted by atomic mass is 10.1. The van der Waals surface area contributed by atoms with Crippen LogP contribution in [0, 0.1) is 6.92 Å². The molecule has 0 unspecified atom stereocenters. The van der Waals surface area contributed by atoms with Crippen LogP contribution in [0.2, 0.25) is 0 Å². The van der Waals surface area contributed by atoms with Gasteiger partial charge in [0, 0.05) is 0 Å². The molecule has 0 radical (unpaired) electrons. The van der Waals surface area contributed by atoms with E-state index < -0.39 is 11.9 Å². The first-order valence-corrected chi connectivity index (χ1v) is 7.12. The van der Waals surface area contributed by atoms with Gasteiger partial charge in [-0.3, -0.25) is 9.59 Å². The molecule has 1 aliphatic rings. The van der Waals surface area contributed by atoms with Gasteiger partial charge in [0.15, 0.2) is 0 Å². The minimum Gasteiger partial charge on any atom is -0.478 e. The molecule has 106 valence electrons. The molecule has 6 nitrogen and oxygen atoms in total. The number of carboxylic acid groups (broad SMARTS) is 1. The summed E-state index contributed by atoms with van der Waals surface area (Å²) in [6.07, 6.45) is 0. The van der Waals surface area contributed by atoms with Gasteiger partial charge in [-0.2, -0.15) is 0 Å². The van der Waals surface area contributed by atoms with Crippen LogP contribution in [0.1, 0.15) is 15.9 Å². The summed E-state index contributed by atoms with van der Waals surface area (Å²) in [5.74, 6) is -0.694. The third-order valence-corrected chi connectivity index (χ3v) is 3.78. The van der Waals surface area contributed by atoms with Gasteiger partial charge in [0.2, 0.25) is 11.8 Å². The molecular weight excluding hydrogens is 280 g/mol. The molecule has 1 aliphatic heterocycles. The molecule has 2 N–H and O–H groups in total. The van der Waals surface area contributed by atoms with Crippen molar-refractivity contribution < 1.29 is 19.5 Å². The Kier molecular flexibility index (Phi) is 4.29. The van der Waals surface area contributed by atoms with E-state index in [0.29, 0.717) is 11.6 Å². The first kappa shape index (κ1) is 14.4. The lowest BCUT2D eigenvalue weighted by Crippen LogP contribution is -2.34. The van der Waals surface area contributed by atoms with Gasteiger partial charge < -0.3 is 15.3 Å². The second-order valence-corrected chi connectivity index (χ2v) is 5.43. The Labute approximate surface area is 120 Å². The van der Waals surface area contributed by atoms with E-state index in [-0.39, 0.29) is 23.7 Å². The number of nitrogens with one attached hydrogen (secondary N) is 1. The smallest absolute Gasteiger partial charge is 0.337 e. The predicted molar refractivity (Wildman–Crippen MR) is 75.8 cm³/mol. The molecular formula is C13H14N2O4S. The average molecular weight is 294 g/mol. The summed E-state index contributed by atoms with van der Waals surface area (Å²) in [6.45, 7) is 1.72. The van der Waals surface area contributed by atoms with Crippen molar-refractivity contribution in [2.24, 2.45) is 0 Å². The van der Waals surface area contributed by atoms with Crippen LogP contribution < -0.4 is 5.32 Å². The van der Waals surface area contributed by atoms with Crippen molar-refractivity contribution in [1.82, 2.24) is 4.90 Å². The normalized spacial score (nSPS) is 14.4. The highest BCUT2D eigenvalue weighted by molar-refractivity contribution is 8.00. The minimum absolute atomic E-state index is 0.0421. The lowest BCUT2D eigenvalue weighted by Gasteiger charge is -2.15. The molecule has 0 bridgehead atoms. The second kappa shape index (κ2) is 5.96. The highest BCUT2D eigenvalue weighted by Gasteiger charge is 2.23. The van der Waals surface area contributed by atoms with Crippen LogP contribution in [-0.4, -0.2) is 46.0 Å². The number of benzene rings is 1. The maximum atomic E-state index is 11.9. The first-order valence-electron chi connectivity index (χ1n) is 5.96. The molecule has 0 aliphatic carbocycles. The van der Waals surface area contributed by atoms with Crippen LogP contribution >= 0.6 is 11.8 Å². The number of aryl methyl sites for hydroxylation is 1. The number of rotatable bonds is 4. The molecule has 2 amide bonds. The van der Waals surface area contributed by atoms with E-state index in [1.807, 2.05) is 0 Å². The predicted octanol–water partition coefficient (Wildman–Crippen LogP) is 1.16. The summed E-state index contributed by atoms with van der Waals surface area (Å²) in [5, 5.41) is 11.7. The molecule has 0 aromatic heterocycles. The van der Waals surface area contributed by atoms with Crippen molar-refractivity contribution in [3.8, 4) is 0 Å². The highest BCUT2D eigenvalue weighted by Crippen LogP contribution is 2.18. The number of carbonyl (C=O) groups is 3. The summed E-state index contributed by atoms with van der Waals surface area (Å²) in [6, 6.07) is 4.77. The monoisotopic (exact) mass is 294 g/mol. The van der Waals surface area contributed by atoms with Gasteiger partial charge >= 0.3 is 5.97 Å². The molecule has 2 rings (SSSR count). The van der Waals surface area contributed by atoms with Gasteiger partial charge in [0.1, 0.15) is 6.54 Å². The molecule has 1 aromatic rings. The quantitative estimate of drug-likeness (QED) is 0.870. The maximum Gasteiger partial charge on any atom is 0.337 e. The van der Waals surface area contributed by atoms with Crippen molar-refractivity contribution in [2.45, 2.75) is 6.92 Å². The zero-order valence-electron chi connectivity index (χ0n) is 10.9. The number of thioether (sulfide) groups is 1. The van der Waals surface area contributed by atoms with Crippen LogP contribution in [-0.2, 0) is 9.59 Å². The van der Waals surface area contributed by atoms with Crippen molar-refractivity contribution in [3.63, 3.8) is 0 Å². The SMILES string of the molecule is Cc1ccc(NC(=O)CN2CSCC2=O)c(C(=O)O)c1. The maximum absolute atomic E-state index is 11.9. The van der Waals surface area contributed by atoms with Gasteiger partial charge in [-0.1, -0.05) is 11.6 Å². The van der Waals surface area contributed by atoms with Crippen molar-refractivity contribution in [2.75, 3.05) is 23.5 Å². The molecule has 1 fully saturated rings. The van der Waals surface area contributed by atoms with Gasteiger partial charge in [-0.25, -0.2) is 4.79 Å². The van der Waals surface area contributed by atoms with Crippen LogP contribution in [0.5, 0.6) is 0 Å². The van der Waals surface area contributed by atoms with Gasteiger partial charge in [0.05, 0.1) is 22.9 Å². The van der Waals surface area contributed by atoms with E-state index in [2.05, 4.69) is 5.32 Å². The number of aromatic carboxylic acids is 1. The van der Waals surface area contributed by atoms with Crippen LogP contribution in [0.3, 0.4) is 0 Å². The fourth-order valence-corrected chi connectivity index (χ4v) is 2.75. The van der Waals surface area contributed by atoms with Crippen LogP contribution in [0.15, 0.2) is 18.2 Å². The van der Waals surface area contributed by atoms with Crippen molar-refractivity contribution in [1.29, 1.82) is 0 Å². The summed E-state index contributed by atoms with van der Waals surface area (Å²) < 4.78 is 0. The Morgan fingerprint density at radius 3 is 2.80 bits per heavy atom. The first-order chi connectivity index (χ1) is 9.47. The molecule has 1 aromatic carbocycles. The molecule has 1 heterocycles. The van der Waals surface area contributed by atoms with Crippen molar-refractivity contribution >= 4 is 35.2 Å². The Bertz CT molecular complexity index is 573. The molecule has 1 saturated heterocycles. The topological polar surface area (TPSA) is 86.7 Å². The third kappa shape index (κ3) is 3.30. The fourth-order valence-electron chi connectivity index (χ4n) is 1.85. The second-order valence-electron chi connectivity index (χ2n) is 4.47. The van der Waals surface area contributed by atoms with Crippen molar-refractivity contribution in [3.05, 3.63) is 29.3 Å². The van der Waals surface area contributed by atoms with E-state index in [1.54, 1.807) is 19.1 Å². The Balaban J connectivity index is 2.07. The summed E-state index contributed by atoms with van der Waals surface area (Å²) in [7, 11) is 0. The third-order valence-electron chi connectivity index (χ3n) is 2.84. The van der Waals surface area contributed by atoms with E-state index in [4.69, 9.17) is 5.11 Å². The van der Waals surface area contributed by atoms with Crippen LogP contribution in [0.4, 0.5) is 5.69 Å². The molecule has 0 saturated carbocycles. The van der Waals surface area contributed by atoms with Crippen LogP contribution in [0.25, 0.3) is 0 Å². The number of hydrogen-bond donors (Lipinski definition) is 2. The largest absolute Gasteiger partial charge is 0.478 e. The van der Waals surface area contributed by atoms with Gasteiger partial charge in [-0.05, 0) is 19.1 Å². The zero-order chi connectivity index (χ0) is 14.7. The number of nitrogens with zero attached hydrogens (tertiary/aromatic N) is 1. The van der Waals surface area contributed by atoms with E-state index >= 15 is 0 Å². The summed E-state index contributed by atoms with van der Waals surface area (Å²) >= 11 is 1.45. The molecule has 0 spiro atoms. The number of carboxylic acids is 1. The molecule has 20 heavy (non-hydrogen) atoms. The number of hydrogen-bond acceptors (Lipinski definition) is 4. The lowest BCUT2D eigenvalue weighted by molar-refractivity contribution is -0.130. The minimum atomic E-state index is -1.10. The number of carbonyl (C=O) groups excluding carboxylic acids is 2. The average Bonchev–Trinajstić information content (AvgIpc) is 2.77. The Morgan fingerprint density at radius 2 is 2.20 bits per heavy atom. The summed E-state index contributed by atoms with van der Waals surface area (Å²) in [5.41, 5.74) is 1.08. The highest BCUT2D eigenvalue weighted by atomic mass is 32.2. The zero-order valence-corrected chi connectivity index (χ0v) is 11.7. The summed E-state index contributed by atoms with van der Waals surface area (Å²) in [4.78, 5) is 35.9. The van der Waals surface area contributed by atoms with Gasteiger partial charge in [-0.15, -0.1) is 11.8 Å². The number of anilines is 1. The Morgan fingerprint density at radius 1 is 1.45 bits per heavy atom. The molecule has 0 atom stereocenters. The molecule has 7 heteroatoms. The van der Waals surface area contributed by atoms with Gasteiger partial charge in [0.25, 0.3) is 0 Å². The van der Waals surface area contributed by atoms with E-state index in [1.165, 1.54) is 22.7 Å². The fraction of sp³-hybridized carbons (Fsp3) is 0.308. The standard InChI is InChI=1S/C13H14N2O4S/c1-8-2-3-10(9(4-8)13(18)19)14-11(16)5-15-7-20-6-12(15)17/h2-4H,5-7H2,1H3,(H,14,16)(H,18,19). The number of amides is 2. The van der Waals surface area contributed by atoms with E-state index in [0.717, 1.165) is 5.56 Å². The van der Waals surface area contributed by atoms with E-state index in [9.17, 15) is 14.4 Å². The Hall–Kier alpha value is -2.02.